The molecule has 0 spiro atoms. The molecule has 0 aromatic carbocycles. The molecule has 0 aliphatic rings. The lowest BCUT2D eigenvalue weighted by molar-refractivity contribution is 0.974. The number of nitrogens with two attached hydrogens (primary N) is 1. The van der Waals surface area contributed by atoms with E-state index in [0.29, 0.717) is 11.0 Å². The van der Waals surface area contributed by atoms with E-state index in [1.165, 1.54) is 0 Å². The van der Waals surface area contributed by atoms with Crippen LogP contribution in [0.5, 0.6) is 0 Å². The maximum atomic E-state index is 5.74. The van der Waals surface area contributed by atoms with Crippen molar-refractivity contribution in [1.82, 2.24) is 10.2 Å². The average Bonchev–Trinajstić information content (AvgIpc) is 1.99. The molecule has 3 nitrogen and oxygen atoms in total. The van der Waals surface area contributed by atoms with E-state index >= 15 is 0 Å². The first kappa shape index (κ1) is 8.27. The van der Waals surface area contributed by atoms with Gasteiger partial charge in [-0.05, 0) is 18.9 Å². The zero-order valence-electron chi connectivity index (χ0n) is 6.56. The lowest BCUT2D eigenvalue weighted by Crippen LogP contribution is -2.02. The second kappa shape index (κ2) is 3.05. The van der Waals surface area contributed by atoms with Crippen LogP contribution < -0.4 is 5.73 Å². The van der Waals surface area contributed by atoms with Crippen molar-refractivity contribution < 1.29 is 0 Å². The number of nitrogens with zero attached hydrogens (tertiary/aromatic N) is 2. The predicted octanol–water partition coefficient (Wildman–Crippen LogP) is 1.58. The lowest BCUT2D eigenvalue weighted by atomic mass is 10.1. The Morgan fingerprint density at radius 1 is 1.45 bits per heavy atom. The Bertz CT molecular complexity index is 273. The van der Waals surface area contributed by atoms with Gasteiger partial charge in [-0.2, -0.15) is 0 Å². The summed E-state index contributed by atoms with van der Waals surface area (Å²) in [4.78, 5) is 0. The molecule has 0 atom stereocenters. The first-order valence-electron chi connectivity index (χ1n) is 3.44. The zero-order chi connectivity index (χ0) is 8.43. The first-order chi connectivity index (χ1) is 5.16. The highest BCUT2D eigenvalue weighted by atomic mass is 35.5. The van der Waals surface area contributed by atoms with Crippen molar-refractivity contribution in [3.8, 4) is 0 Å². The summed E-state index contributed by atoms with van der Waals surface area (Å²) in [7, 11) is 0. The van der Waals surface area contributed by atoms with Gasteiger partial charge in [-0.15, -0.1) is 10.2 Å². The summed E-state index contributed by atoms with van der Waals surface area (Å²) in [5, 5.41) is 7.82. The van der Waals surface area contributed by atoms with Crippen LogP contribution in [0, 0.1) is 6.92 Å². The quantitative estimate of drug-likeness (QED) is 0.698. The molecule has 1 rings (SSSR count). The highest BCUT2D eigenvalue weighted by molar-refractivity contribution is 6.30. The highest BCUT2D eigenvalue weighted by Crippen LogP contribution is 2.19. The fourth-order valence-corrected chi connectivity index (χ4v) is 1.15. The molecule has 60 valence electrons. The van der Waals surface area contributed by atoms with Gasteiger partial charge in [0.25, 0.3) is 0 Å². The molecule has 4 heteroatoms. The fraction of sp³-hybridized carbons (Fsp3) is 0.429. The van der Waals surface area contributed by atoms with Gasteiger partial charge >= 0.3 is 0 Å². The Kier molecular flexibility index (Phi) is 2.29. The standard InChI is InChI=1S/C7H10ClN3/c1-3-5-4(2)6(8)10-11-7(5)9/h3H2,1-2H3,(H2,9,11). The average molecular weight is 172 g/mol. The lowest BCUT2D eigenvalue weighted by Gasteiger charge is -2.04. The summed E-state index contributed by atoms with van der Waals surface area (Å²) < 4.78 is 0. The maximum absolute atomic E-state index is 5.74. The van der Waals surface area contributed by atoms with Gasteiger partial charge in [0.2, 0.25) is 0 Å². The van der Waals surface area contributed by atoms with E-state index in [0.717, 1.165) is 17.5 Å². The molecule has 11 heavy (non-hydrogen) atoms. The smallest absolute Gasteiger partial charge is 0.155 e. The van der Waals surface area contributed by atoms with Gasteiger partial charge in [0, 0.05) is 5.56 Å². The Hall–Kier alpha value is -0.830. The molecule has 2 N–H and O–H groups in total. The predicted molar refractivity (Wildman–Crippen MR) is 45.6 cm³/mol. The molecule has 0 amide bonds. The number of halogens is 1. The van der Waals surface area contributed by atoms with Crippen molar-refractivity contribution in [3.63, 3.8) is 0 Å². The molecule has 1 aromatic rings. The molecule has 0 unspecified atom stereocenters. The number of rotatable bonds is 1. The van der Waals surface area contributed by atoms with Crippen molar-refractivity contribution in [2.75, 3.05) is 5.73 Å². The van der Waals surface area contributed by atoms with Crippen LogP contribution in [0.25, 0.3) is 0 Å². The minimum atomic E-state index is 0.441. The van der Waals surface area contributed by atoms with Crippen molar-refractivity contribution in [1.29, 1.82) is 0 Å². The van der Waals surface area contributed by atoms with E-state index in [-0.39, 0.29) is 0 Å². The van der Waals surface area contributed by atoms with Crippen LogP contribution >= 0.6 is 11.6 Å². The van der Waals surface area contributed by atoms with Crippen LogP contribution in [0.2, 0.25) is 5.15 Å². The van der Waals surface area contributed by atoms with Crippen LogP contribution in [0.15, 0.2) is 0 Å². The summed E-state index contributed by atoms with van der Waals surface area (Å²) in [5.41, 5.74) is 7.49. The molecule has 0 saturated heterocycles. The Morgan fingerprint density at radius 3 is 2.55 bits per heavy atom. The van der Waals surface area contributed by atoms with Crippen molar-refractivity contribution in [2.24, 2.45) is 0 Å². The third kappa shape index (κ3) is 1.43. The second-order valence-electron chi connectivity index (χ2n) is 2.33. The van der Waals surface area contributed by atoms with E-state index < -0.39 is 0 Å². The van der Waals surface area contributed by atoms with Crippen molar-refractivity contribution >= 4 is 17.4 Å². The SMILES string of the molecule is CCc1c(N)nnc(Cl)c1C. The largest absolute Gasteiger partial charge is 0.382 e. The van der Waals surface area contributed by atoms with Crippen LogP contribution in [0.3, 0.4) is 0 Å². The van der Waals surface area contributed by atoms with Crippen LogP contribution in [0.1, 0.15) is 18.1 Å². The van der Waals surface area contributed by atoms with Gasteiger partial charge < -0.3 is 5.73 Å². The molecule has 0 fully saturated rings. The Labute approximate surface area is 70.6 Å². The molecule has 1 aromatic heterocycles. The van der Waals surface area contributed by atoms with E-state index in [1.54, 1.807) is 0 Å². The molecular formula is C7H10ClN3. The van der Waals surface area contributed by atoms with Gasteiger partial charge in [0.1, 0.15) is 5.82 Å². The van der Waals surface area contributed by atoms with E-state index in [9.17, 15) is 0 Å². The number of hydrogen-bond acceptors (Lipinski definition) is 3. The van der Waals surface area contributed by atoms with Crippen molar-refractivity contribution in [2.45, 2.75) is 20.3 Å². The molecule has 0 bridgehead atoms. The summed E-state index contributed by atoms with van der Waals surface area (Å²) in [6.45, 7) is 3.91. The molecule has 0 aliphatic carbocycles. The minimum absolute atomic E-state index is 0.441. The summed E-state index contributed by atoms with van der Waals surface area (Å²) in [6, 6.07) is 0. The topological polar surface area (TPSA) is 51.8 Å². The monoisotopic (exact) mass is 171 g/mol. The highest BCUT2D eigenvalue weighted by Gasteiger charge is 2.06. The third-order valence-corrected chi connectivity index (χ3v) is 2.03. The number of nitrogen functional groups attached to an aromatic ring is 1. The van der Waals surface area contributed by atoms with E-state index in [1.807, 2.05) is 13.8 Å². The molecular weight excluding hydrogens is 162 g/mol. The van der Waals surface area contributed by atoms with E-state index in [4.69, 9.17) is 17.3 Å². The number of aromatic nitrogens is 2. The summed E-state index contributed by atoms with van der Waals surface area (Å²) in [6.07, 6.45) is 0.840. The molecule has 0 radical (unpaired) electrons. The Morgan fingerprint density at radius 2 is 2.09 bits per heavy atom. The van der Waals surface area contributed by atoms with Crippen molar-refractivity contribution in [3.05, 3.63) is 16.3 Å². The normalized spacial score (nSPS) is 10.1. The minimum Gasteiger partial charge on any atom is -0.382 e. The van der Waals surface area contributed by atoms with Crippen LogP contribution in [0.4, 0.5) is 5.82 Å². The third-order valence-electron chi connectivity index (χ3n) is 1.67. The molecule has 0 saturated carbocycles. The molecule has 1 heterocycles. The fourth-order valence-electron chi connectivity index (χ4n) is 0.996. The van der Waals surface area contributed by atoms with Crippen LogP contribution in [-0.2, 0) is 6.42 Å². The number of hydrogen-bond donors (Lipinski definition) is 1. The molecule has 0 aliphatic heterocycles. The van der Waals surface area contributed by atoms with Gasteiger partial charge in [-0.3, -0.25) is 0 Å². The van der Waals surface area contributed by atoms with Gasteiger partial charge in [-0.1, -0.05) is 18.5 Å². The maximum Gasteiger partial charge on any atom is 0.155 e. The Balaban J connectivity index is 3.29. The second-order valence-corrected chi connectivity index (χ2v) is 2.69. The van der Waals surface area contributed by atoms with Gasteiger partial charge in [0.05, 0.1) is 0 Å². The van der Waals surface area contributed by atoms with Gasteiger partial charge in [-0.25, -0.2) is 0 Å². The first-order valence-corrected chi connectivity index (χ1v) is 3.81. The number of anilines is 1. The van der Waals surface area contributed by atoms with E-state index in [2.05, 4.69) is 10.2 Å². The zero-order valence-corrected chi connectivity index (χ0v) is 7.31. The van der Waals surface area contributed by atoms with Crippen LogP contribution in [-0.4, -0.2) is 10.2 Å². The summed E-state index contributed by atoms with van der Waals surface area (Å²) >= 11 is 5.74. The summed E-state index contributed by atoms with van der Waals surface area (Å²) in [5.74, 6) is 0.481. The van der Waals surface area contributed by atoms with Gasteiger partial charge in [0.15, 0.2) is 5.15 Å².